The largest absolute Gasteiger partial charge is 0.455 e. The van der Waals surface area contributed by atoms with Gasteiger partial charge in [-0.2, -0.15) is 0 Å². The van der Waals surface area contributed by atoms with Gasteiger partial charge in [0.25, 0.3) is 0 Å². The monoisotopic (exact) mass is 740 g/mol. The molecule has 6 heteroatoms. The van der Waals surface area contributed by atoms with Gasteiger partial charge in [-0.1, -0.05) is 97.1 Å². The van der Waals surface area contributed by atoms with Gasteiger partial charge in [-0.05, 0) is 78.4 Å². The normalized spacial score (nSPS) is 12.0. The average molecular weight is 741 g/mol. The van der Waals surface area contributed by atoms with Gasteiger partial charge in [-0.3, -0.25) is 0 Å². The highest BCUT2D eigenvalue weighted by molar-refractivity contribution is 7.26. The molecule has 0 aliphatic rings. The number of benzene rings is 8. The van der Waals surface area contributed by atoms with Crippen molar-refractivity contribution in [1.29, 1.82) is 0 Å². The Morgan fingerprint density at radius 3 is 1.65 bits per heavy atom. The van der Waals surface area contributed by atoms with Gasteiger partial charge in [-0.15, -0.1) is 22.7 Å². The summed E-state index contributed by atoms with van der Waals surface area (Å²) in [5, 5.41) is 7.16. The van der Waals surface area contributed by atoms with E-state index in [1.165, 1.54) is 40.3 Å². The maximum Gasteiger partial charge on any atom is 0.227 e. The third kappa shape index (κ3) is 4.79. The molecular weight excluding hydrogens is 713 g/mol. The summed E-state index contributed by atoms with van der Waals surface area (Å²) >= 11 is 3.69. The van der Waals surface area contributed by atoms with Gasteiger partial charge in [0.2, 0.25) is 5.89 Å². The van der Waals surface area contributed by atoms with E-state index in [1.807, 2.05) is 71.2 Å². The Labute approximate surface area is 322 Å². The second-order valence-corrected chi connectivity index (χ2v) is 16.1. The number of nitrogens with zero attached hydrogens (tertiary/aromatic N) is 2. The molecule has 0 bridgehead atoms. The molecule has 4 nitrogen and oxygen atoms in total. The Hall–Kier alpha value is -6.73. The lowest BCUT2D eigenvalue weighted by Crippen LogP contribution is -2.09. The van der Waals surface area contributed by atoms with E-state index in [0.717, 1.165) is 66.8 Å². The van der Waals surface area contributed by atoms with Crippen molar-refractivity contribution in [1.82, 2.24) is 4.98 Å². The molecule has 258 valence electrons. The number of fused-ring (bicyclic) bond motifs is 11. The molecule has 0 fully saturated rings. The van der Waals surface area contributed by atoms with Crippen molar-refractivity contribution < 1.29 is 8.83 Å². The van der Waals surface area contributed by atoms with E-state index < -0.39 is 0 Å². The molecular formula is C49H28N2O2S2. The number of oxazole rings is 1. The van der Waals surface area contributed by atoms with E-state index in [9.17, 15) is 0 Å². The summed E-state index contributed by atoms with van der Waals surface area (Å²) in [4.78, 5) is 7.39. The first-order valence-electron chi connectivity index (χ1n) is 18.3. The Balaban J connectivity index is 1.03. The molecule has 0 radical (unpaired) electrons. The number of rotatable bonds is 5. The molecule has 8 aromatic carbocycles. The lowest BCUT2D eigenvalue weighted by molar-refractivity contribution is 0.619. The lowest BCUT2D eigenvalue weighted by Gasteiger charge is -2.26. The molecule has 4 heterocycles. The molecule has 0 spiro atoms. The van der Waals surface area contributed by atoms with Gasteiger partial charge < -0.3 is 13.7 Å². The minimum Gasteiger partial charge on any atom is -0.455 e. The van der Waals surface area contributed by atoms with E-state index in [-0.39, 0.29) is 0 Å². The minimum absolute atomic E-state index is 0.594. The van der Waals surface area contributed by atoms with Crippen LogP contribution in [0.15, 0.2) is 179 Å². The highest BCUT2D eigenvalue weighted by Crippen LogP contribution is 2.45. The van der Waals surface area contributed by atoms with Crippen molar-refractivity contribution in [2.24, 2.45) is 0 Å². The van der Waals surface area contributed by atoms with Crippen molar-refractivity contribution in [3.8, 4) is 22.6 Å². The zero-order valence-corrected chi connectivity index (χ0v) is 30.8. The van der Waals surface area contributed by atoms with Gasteiger partial charge >= 0.3 is 0 Å². The number of hydrogen-bond donors (Lipinski definition) is 0. The first-order valence-corrected chi connectivity index (χ1v) is 19.9. The van der Waals surface area contributed by atoms with E-state index in [1.54, 1.807) is 0 Å². The smallest absolute Gasteiger partial charge is 0.227 e. The average Bonchev–Trinajstić information content (AvgIpc) is 4.02. The molecule has 0 atom stereocenters. The highest BCUT2D eigenvalue weighted by Gasteiger charge is 2.22. The van der Waals surface area contributed by atoms with Crippen LogP contribution in [0.25, 0.3) is 96.0 Å². The van der Waals surface area contributed by atoms with Crippen LogP contribution >= 0.6 is 22.7 Å². The Morgan fingerprint density at radius 2 is 0.982 bits per heavy atom. The summed E-state index contributed by atoms with van der Waals surface area (Å²) in [5.41, 5.74) is 9.39. The summed E-state index contributed by atoms with van der Waals surface area (Å²) in [6, 6.07) is 60.2. The fraction of sp³-hybridized carbons (Fsp3) is 0. The van der Waals surface area contributed by atoms with Crippen molar-refractivity contribution in [2.75, 3.05) is 4.90 Å². The molecule has 12 aromatic rings. The molecule has 0 aliphatic carbocycles. The van der Waals surface area contributed by atoms with Crippen molar-refractivity contribution in [2.45, 2.75) is 0 Å². The topological polar surface area (TPSA) is 42.4 Å². The van der Waals surface area contributed by atoms with Crippen LogP contribution in [0.4, 0.5) is 17.1 Å². The molecule has 55 heavy (non-hydrogen) atoms. The number of hydrogen-bond acceptors (Lipinski definition) is 6. The Bertz CT molecular complexity index is 3330. The minimum atomic E-state index is 0.594. The zero-order valence-electron chi connectivity index (χ0n) is 29.2. The number of aromatic nitrogens is 1. The van der Waals surface area contributed by atoms with Crippen LogP contribution in [-0.4, -0.2) is 4.98 Å². The summed E-state index contributed by atoms with van der Waals surface area (Å²) < 4.78 is 18.2. The first-order chi connectivity index (χ1) is 27.2. The van der Waals surface area contributed by atoms with Crippen LogP contribution in [0.5, 0.6) is 0 Å². The molecule has 4 aromatic heterocycles. The first kappa shape index (κ1) is 30.7. The Morgan fingerprint density at radius 1 is 0.418 bits per heavy atom. The lowest BCUT2D eigenvalue weighted by atomic mass is 10.0. The van der Waals surface area contributed by atoms with Crippen molar-refractivity contribution in [3.63, 3.8) is 0 Å². The fourth-order valence-corrected chi connectivity index (χ4v) is 10.4. The zero-order chi connectivity index (χ0) is 36.0. The highest BCUT2D eigenvalue weighted by atomic mass is 32.1. The van der Waals surface area contributed by atoms with Crippen LogP contribution < -0.4 is 4.90 Å². The van der Waals surface area contributed by atoms with E-state index in [4.69, 9.17) is 13.8 Å². The van der Waals surface area contributed by atoms with E-state index in [2.05, 4.69) is 126 Å². The van der Waals surface area contributed by atoms with E-state index >= 15 is 0 Å². The maximum atomic E-state index is 6.62. The van der Waals surface area contributed by atoms with Gasteiger partial charge in [0.1, 0.15) is 16.7 Å². The Kier molecular flexibility index (Phi) is 6.64. The number of para-hydroxylation sites is 1. The number of thiophene rings is 2. The molecule has 12 rings (SSSR count). The summed E-state index contributed by atoms with van der Waals surface area (Å²) in [7, 11) is 0. The van der Waals surface area contributed by atoms with Crippen LogP contribution in [-0.2, 0) is 0 Å². The second-order valence-electron chi connectivity index (χ2n) is 13.9. The molecule has 0 N–H and O–H groups in total. The van der Waals surface area contributed by atoms with Crippen molar-refractivity contribution in [3.05, 3.63) is 170 Å². The molecule has 0 aliphatic heterocycles. The summed E-state index contributed by atoms with van der Waals surface area (Å²) in [6.07, 6.45) is 0. The van der Waals surface area contributed by atoms with Gasteiger partial charge in [0.05, 0.1) is 5.39 Å². The standard InChI is InChI=1S/C49H28N2O2S2/c1-2-10-30(11-3-1)49-50-47-41(53-49)28-39(48-46(47)38-14-4-7-15-40(38)52-48)29-18-20-31(21-19-29)51(32-22-24-36-34-12-5-8-16-42(34)54-44(36)26-32)33-23-25-37-35-13-6-9-17-43(35)55-45(37)27-33/h1-28H. The predicted molar refractivity (Wildman–Crippen MR) is 233 cm³/mol. The number of anilines is 3. The molecule has 0 unspecified atom stereocenters. The summed E-state index contributed by atoms with van der Waals surface area (Å²) in [6.45, 7) is 0. The predicted octanol–water partition coefficient (Wildman–Crippen LogP) is 15.3. The number of furan rings is 1. The maximum absolute atomic E-state index is 6.62. The summed E-state index contributed by atoms with van der Waals surface area (Å²) in [5.74, 6) is 0.594. The van der Waals surface area contributed by atoms with Crippen LogP contribution in [0, 0.1) is 0 Å². The van der Waals surface area contributed by atoms with Gasteiger partial charge in [0.15, 0.2) is 5.58 Å². The third-order valence-electron chi connectivity index (χ3n) is 10.7. The molecule has 0 amide bonds. The van der Waals surface area contributed by atoms with Crippen LogP contribution in [0.2, 0.25) is 0 Å². The third-order valence-corrected chi connectivity index (χ3v) is 13.0. The molecule has 0 saturated carbocycles. The van der Waals surface area contributed by atoms with E-state index in [0.29, 0.717) is 5.89 Å². The quantitative estimate of drug-likeness (QED) is 0.176. The SMILES string of the molecule is c1ccc(-c2nc3c(cc(-c4ccc(N(c5ccc6c(c5)sc5ccccc56)c5ccc6c(c5)sc5ccccc56)cc4)c4oc5ccccc5c43)o2)cc1. The van der Waals surface area contributed by atoms with Crippen LogP contribution in [0.1, 0.15) is 0 Å². The van der Waals surface area contributed by atoms with Gasteiger partial charge in [-0.25, -0.2) is 4.98 Å². The van der Waals surface area contributed by atoms with Gasteiger partial charge in [0, 0.05) is 73.9 Å². The fourth-order valence-electron chi connectivity index (χ4n) is 8.14. The van der Waals surface area contributed by atoms with Crippen molar-refractivity contribution >= 4 is 113 Å². The van der Waals surface area contributed by atoms with Crippen LogP contribution in [0.3, 0.4) is 0 Å². The molecule has 0 saturated heterocycles. The second kappa shape index (κ2) is 11.9.